The van der Waals surface area contributed by atoms with Crippen LogP contribution in [0.15, 0.2) is 71.3 Å². The second-order valence-corrected chi connectivity index (χ2v) is 10.3. The molecule has 1 saturated heterocycles. The number of anilines is 2. The Bertz CT molecular complexity index is 1170. The molecule has 0 radical (unpaired) electrons. The highest BCUT2D eigenvalue weighted by Gasteiger charge is 2.28. The number of rotatable bonds is 9. The summed E-state index contributed by atoms with van der Waals surface area (Å²) in [7, 11) is 0. The lowest BCUT2D eigenvalue weighted by Crippen LogP contribution is -2.43. The first kappa shape index (κ1) is 26.5. The molecular formula is C30H38N4O3. The van der Waals surface area contributed by atoms with E-state index in [1.807, 2.05) is 87.2 Å². The SMILES string of the molecule is CC(C)N(C(=O)c1ccc(N(c2cccc(C(N)=O)c2)C2CCN(Cc3ccco3)CC2)cc1)C(C)C. The van der Waals surface area contributed by atoms with Crippen molar-refractivity contribution in [3.8, 4) is 0 Å². The fourth-order valence-corrected chi connectivity index (χ4v) is 5.32. The van der Waals surface area contributed by atoms with Crippen molar-refractivity contribution in [1.82, 2.24) is 9.80 Å². The van der Waals surface area contributed by atoms with Crippen LogP contribution in [-0.4, -0.2) is 52.8 Å². The number of nitrogens with zero attached hydrogens (tertiary/aromatic N) is 3. The molecule has 0 aliphatic carbocycles. The topological polar surface area (TPSA) is 83.0 Å². The maximum atomic E-state index is 13.2. The van der Waals surface area contributed by atoms with E-state index in [9.17, 15) is 9.59 Å². The molecule has 0 spiro atoms. The van der Waals surface area contributed by atoms with Gasteiger partial charge in [0.1, 0.15) is 5.76 Å². The molecule has 7 nitrogen and oxygen atoms in total. The lowest BCUT2D eigenvalue weighted by atomic mass is 10.00. The van der Waals surface area contributed by atoms with Gasteiger partial charge in [0.15, 0.2) is 0 Å². The molecule has 1 fully saturated rings. The first-order valence-corrected chi connectivity index (χ1v) is 13.1. The van der Waals surface area contributed by atoms with Crippen LogP contribution in [0.5, 0.6) is 0 Å². The van der Waals surface area contributed by atoms with Gasteiger partial charge in [0.25, 0.3) is 5.91 Å². The zero-order valence-corrected chi connectivity index (χ0v) is 22.3. The highest BCUT2D eigenvalue weighted by Crippen LogP contribution is 2.33. The van der Waals surface area contributed by atoms with E-state index in [-0.39, 0.29) is 24.0 Å². The smallest absolute Gasteiger partial charge is 0.254 e. The highest BCUT2D eigenvalue weighted by atomic mass is 16.3. The molecule has 7 heteroatoms. The van der Waals surface area contributed by atoms with Crippen molar-refractivity contribution in [1.29, 1.82) is 0 Å². The van der Waals surface area contributed by atoms with Gasteiger partial charge in [0, 0.05) is 53.7 Å². The van der Waals surface area contributed by atoms with Crippen LogP contribution in [0.25, 0.3) is 0 Å². The number of hydrogen-bond acceptors (Lipinski definition) is 5. The van der Waals surface area contributed by atoms with Crippen molar-refractivity contribution in [2.75, 3.05) is 18.0 Å². The van der Waals surface area contributed by atoms with Crippen LogP contribution < -0.4 is 10.6 Å². The minimum absolute atomic E-state index is 0.0325. The van der Waals surface area contributed by atoms with Gasteiger partial charge in [0.05, 0.1) is 12.8 Å². The number of amides is 2. The molecular weight excluding hydrogens is 464 g/mol. The van der Waals surface area contributed by atoms with Crippen molar-refractivity contribution in [3.05, 3.63) is 83.8 Å². The summed E-state index contributed by atoms with van der Waals surface area (Å²) < 4.78 is 5.53. The standard InChI is InChI=1S/C30H38N4O3/c1-21(2)33(22(3)4)30(36)23-10-12-25(13-11-23)34(27-8-5-7-24(19-27)29(31)35)26-14-16-32(17-15-26)20-28-9-6-18-37-28/h5-13,18-19,21-22,26H,14-17,20H2,1-4H3,(H2,31,35). The van der Waals surface area contributed by atoms with Crippen molar-refractivity contribution < 1.29 is 14.0 Å². The summed E-state index contributed by atoms with van der Waals surface area (Å²) in [6, 6.07) is 19.7. The van der Waals surface area contributed by atoms with E-state index in [2.05, 4.69) is 9.80 Å². The third kappa shape index (κ3) is 6.23. The van der Waals surface area contributed by atoms with Crippen molar-refractivity contribution in [2.45, 2.75) is 65.2 Å². The number of hydrogen-bond donors (Lipinski definition) is 1. The maximum Gasteiger partial charge on any atom is 0.254 e. The molecule has 2 aromatic carbocycles. The lowest BCUT2D eigenvalue weighted by Gasteiger charge is -2.40. The van der Waals surface area contributed by atoms with E-state index in [0.29, 0.717) is 11.1 Å². The third-order valence-electron chi connectivity index (χ3n) is 7.03. The Kier molecular flexibility index (Phi) is 8.34. The molecule has 0 saturated carbocycles. The number of piperidine rings is 1. The predicted octanol–water partition coefficient (Wildman–Crippen LogP) is 5.44. The van der Waals surface area contributed by atoms with Gasteiger partial charge in [-0.15, -0.1) is 0 Å². The number of likely N-dealkylation sites (tertiary alicyclic amines) is 1. The molecule has 0 bridgehead atoms. The van der Waals surface area contributed by atoms with Gasteiger partial charge in [-0.3, -0.25) is 14.5 Å². The van der Waals surface area contributed by atoms with Crippen molar-refractivity contribution in [3.63, 3.8) is 0 Å². The Morgan fingerprint density at radius 3 is 2.16 bits per heavy atom. The summed E-state index contributed by atoms with van der Waals surface area (Å²) in [5.41, 5.74) is 8.66. The number of nitrogens with two attached hydrogens (primary N) is 1. The maximum absolute atomic E-state index is 13.2. The van der Waals surface area contributed by atoms with Crippen LogP contribution >= 0.6 is 0 Å². The second kappa shape index (κ2) is 11.6. The number of benzene rings is 2. The van der Waals surface area contributed by atoms with Crippen molar-refractivity contribution >= 4 is 23.2 Å². The first-order valence-electron chi connectivity index (χ1n) is 13.1. The number of carbonyl (C=O) groups is 2. The van der Waals surface area contributed by atoms with E-state index in [4.69, 9.17) is 10.2 Å². The number of furan rings is 1. The lowest BCUT2D eigenvalue weighted by molar-refractivity contribution is 0.0643. The summed E-state index contributed by atoms with van der Waals surface area (Å²) in [5.74, 6) is 0.560. The van der Waals surface area contributed by atoms with Crippen LogP contribution in [-0.2, 0) is 6.54 Å². The molecule has 4 rings (SSSR count). The van der Waals surface area contributed by atoms with Crippen molar-refractivity contribution in [2.24, 2.45) is 5.73 Å². The number of carbonyl (C=O) groups excluding carboxylic acids is 2. The Hall–Kier alpha value is -3.58. The highest BCUT2D eigenvalue weighted by molar-refractivity contribution is 5.95. The summed E-state index contributed by atoms with van der Waals surface area (Å²) in [5, 5.41) is 0. The van der Waals surface area contributed by atoms with Crippen LogP contribution in [0.2, 0.25) is 0 Å². The van der Waals surface area contributed by atoms with Gasteiger partial charge in [-0.1, -0.05) is 6.07 Å². The van der Waals surface area contributed by atoms with E-state index >= 15 is 0 Å². The summed E-state index contributed by atoms with van der Waals surface area (Å²) in [6.07, 6.45) is 3.62. The van der Waals surface area contributed by atoms with Crippen LogP contribution in [0.1, 0.15) is 67.0 Å². The molecule has 37 heavy (non-hydrogen) atoms. The van der Waals surface area contributed by atoms with Gasteiger partial charge in [-0.2, -0.15) is 0 Å². The van der Waals surface area contributed by atoms with Gasteiger partial charge in [0.2, 0.25) is 5.91 Å². The normalized spacial score (nSPS) is 14.8. The second-order valence-electron chi connectivity index (χ2n) is 10.3. The zero-order valence-electron chi connectivity index (χ0n) is 22.3. The van der Waals surface area contributed by atoms with Gasteiger partial charge < -0.3 is 20.0 Å². The zero-order chi connectivity index (χ0) is 26.5. The van der Waals surface area contributed by atoms with Crippen LogP contribution in [0.4, 0.5) is 11.4 Å². The Labute approximate surface area is 219 Å². The molecule has 1 aliphatic heterocycles. The Morgan fingerprint density at radius 1 is 0.919 bits per heavy atom. The van der Waals surface area contributed by atoms with E-state index < -0.39 is 5.91 Å². The van der Waals surface area contributed by atoms with Crippen LogP contribution in [0, 0.1) is 0 Å². The monoisotopic (exact) mass is 502 g/mol. The van der Waals surface area contributed by atoms with E-state index in [1.165, 1.54) is 0 Å². The third-order valence-corrected chi connectivity index (χ3v) is 7.03. The quantitative estimate of drug-likeness (QED) is 0.421. The van der Waals surface area contributed by atoms with Crippen LogP contribution in [0.3, 0.4) is 0 Å². The fourth-order valence-electron chi connectivity index (χ4n) is 5.32. The molecule has 3 aromatic rings. The van der Waals surface area contributed by atoms with Gasteiger partial charge in [-0.25, -0.2) is 0 Å². The molecule has 0 atom stereocenters. The Morgan fingerprint density at radius 2 is 1.59 bits per heavy atom. The van der Waals surface area contributed by atoms with Gasteiger partial charge >= 0.3 is 0 Å². The molecule has 2 N–H and O–H groups in total. The molecule has 2 amide bonds. The molecule has 2 heterocycles. The summed E-state index contributed by atoms with van der Waals surface area (Å²) in [4.78, 5) is 31.7. The Balaban J connectivity index is 1.59. The largest absolute Gasteiger partial charge is 0.468 e. The summed E-state index contributed by atoms with van der Waals surface area (Å²) in [6.45, 7) is 10.8. The average molecular weight is 503 g/mol. The first-order chi connectivity index (χ1) is 17.7. The summed E-state index contributed by atoms with van der Waals surface area (Å²) >= 11 is 0. The predicted molar refractivity (Wildman–Crippen MR) is 147 cm³/mol. The van der Waals surface area contributed by atoms with Gasteiger partial charge in [-0.05, 0) is 95.1 Å². The molecule has 1 aliphatic rings. The minimum Gasteiger partial charge on any atom is -0.468 e. The number of primary amides is 1. The minimum atomic E-state index is -0.446. The molecule has 1 aromatic heterocycles. The van der Waals surface area contributed by atoms with E-state index in [1.54, 1.807) is 12.3 Å². The molecule has 0 unspecified atom stereocenters. The fraction of sp³-hybridized carbons (Fsp3) is 0.400. The average Bonchev–Trinajstić information content (AvgIpc) is 3.38. The van der Waals surface area contributed by atoms with E-state index in [0.717, 1.165) is 49.6 Å². The molecule has 196 valence electrons.